The smallest absolute Gasteiger partial charge is 0.243 e. The molecule has 8 heteroatoms. The summed E-state index contributed by atoms with van der Waals surface area (Å²) in [6, 6.07) is 4.20. The van der Waals surface area contributed by atoms with Crippen molar-refractivity contribution in [1.29, 1.82) is 0 Å². The number of amides is 2. The molecule has 0 radical (unpaired) electrons. The van der Waals surface area contributed by atoms with E-state index in [1.54, 1.807) is 18.2 Å². The first kappa shape index (κ1) is 19.8. The van der Waals surface area contributed by atoms with Gasteiger partial charge in [0.15, 0.2) is 0 Å². The lowest BCUT2D eigenvalue weighted by Crippen LogP contribution is -2.47. The number of hydrogen-bond acceptors (Lipinski definition) is 4. The minimum Gasteiger partial charge on any atom is -0.354 e. The van der Waals surface area contributed by atoms with E-state index in [9.17, 15) is 18.0 Å². The van der Waals surface area contributed by atoms with E-state index in [1.807, 2.05) is 6.92 Å². The van der Waals surface area contributed by atoms with Crippen LogP contribution < -0.4 is 10.2 Å². The number of piperidine rings is 1. The Morgan fingerprint density at radius 1 is 1.19 bits per heavy atom. The van der Waals surface area contributed by atoms with E-state index in [-0.39, 0.29) is 16.7 Å². The van der Waals surface area contributed by atoms with Gasteiger partial charge in [0.05, 0.1) is 4.90 Å². The van der Waals surface area contributed by atoms with Crippen LogP contribution in [0.25, 0.3) is 0 Å². The van der Waals surface area contributed by atoms with E-state index < -0.39 is 16.1 Å². The average molecular weight is 394 g/mol. The van der Waals surface area contributed by atoms with Crippen molar-refractivity contribution < 1.29 is 18.0 Å². The second-order valence-corrected chi connectivity index (χ2v) is 9.09. The first-order valence-electron chi connectivity index (χ1n) is 9.57. The van der Waals surface area contributed by atoms with Gasteiger partial charge in [-0.15, -0.1) is 0 Å². The summed E-state index contributed by atoms with van der Waals surface area (Å²) in [7, 11) is -3.54. The Bertz CT molecular complexity index is 831. The Balaban J connectivity index is 1.90. The molecule has 1 aromatic rings. The second-order valence-electron chi connectivity index (χ2n) is 7.16. The maximum Gasteiger partial charge on any atom is 0.243 e. The number of sulfonamides is 1. The average Bonchev–Trinajstić information content (AvgIpc) is 3.05. The third-order valence-corrected chi connectivity index (χ3v) is 7.07. The van der Waals surface area contributed by atoms with Crippen molar-refractivity contribution in [2.45, 2.75) is 56.9 Å². The molecule has 2 aliphatic rings. The third kappa shape index (κ3) is 3.87. The Kier molecular flexibility index (Phi) is 5.86. The van der Waals surface area contributed by atoms with Gasteiger partial charge in [0.1, 0.15) is 6.04 Å². The predicted octanol–water partition coefficient (Wildman–Crippen LogP) is 1.66. The van der Waals surface area contributed by atoms with E-state index in [2.05, 4.69) is 5.32 Å². The van der Waals surface area contributed by atoms with Gasteiger partial charge in [-0.05, 0) is 43.0 Å². The largest absolute Gasteiger partial charge is 0.354 e. The highest BCUT2D eigenvalue weighted by molar-refractivity contribution is 7.89. The highest BCUT2D eigenvalue weighted by atomic mass is 32.2. The monoisotopic (exact) mass is 393 g/mol. The molecule has 7 nitrogen and oxygen atoms in total. The molecule has 0 aromatic heterocycles. The molecule has 1 fully saturated rings. The standard InChI is InChI=1S/C19H27N3O4S/c1-3-9-20-19(24)18-13-15-12-16(7-8-17(15)22(18)14(2)23)27(25,26)21-10-5-4-6-11-21/h7-8,12,18H,3-6,9-11,13H2,1-2H3,(H,20,24). The van der Waals surface area contributed by atoms with E-state index in [4.69, 9.17) is 0 Å². The number of nitrogens with zero attached hydrogens (tertiary/aromatic N) is 2. The maximum absolute atomic E-state index is 12.9. The molecule has 0 aliphatic carbocycles. The van der Waals surface area contributed by atoms with Gasteiger partial charge in [0.2, 0.25) is 21.8 Å². The number of rotatable bonds is 5. The van der Waals surface area contributed by atoms with Crippen LogP contribution in [0, 0.1) is 0 Å². The van der Waals surface area contributed by atoms with E-state index >= 15 is 0 Å². The first-order chi connectivity index (χ1) is 12.9. The number of carbonyl (C=O) groups excluding carboxylic acids is 2. The van der Waals surface area contributed by atoms with Gasteiger partial charge >= 0.3 is 0 Å². The quantitative estimate of drug-likeness (QED) is 0.824. The minimum absolute atomic E-state index is 0.205. The number of carbonyl (C=O) groups is 2. The number of anilines is 1. The molecule has 3 rings (SSSR count). The molecule has 27 heavy (non-hydrogen) atoms. The van der Waals surface area contributed by atoms with Crippen molar-refractivity contribution in [3.05, 3.63) is 23.8 Å². The molecular weight excluding hydrogens is 366 g/mol. The zero-order valence-electron chi connectivity index (χ0n) is 15.9. The molecule has 1 atom stereocenters. The fourth-order valence-electron chi connectivity index (χ4n) is 3.81. The Morgan fingerprint density at radius 2 is 1.89 bits per heavy atom. The summed E-state index contributed by atoms with van der Waals surface area (Å²) in [5.74, 6) is -0.430. The summed E-state index contributed by atoms with van der Waals surface area (Å²) in [6.45, 7) is 5.02. The minimum atomic E-state index is -3.54. The molecule has 0 saturated carbocycles. The van der Waals surface area contributed by atoms with Crippen molar-refractivity contribution in [2.24, 2.45) is 0 Å². The van der Waals surface area contributed by atoms with Gasteiger partial charge in [0, 0.05) is 38.7 Å². The maximum atomic E-state index is 12.9. The lowest BCUT2D eigenvalue weighted by molar-refractivity contribution is -0.125. The molecule has 2 amide bonds. The summed E-state index contributed by atoms with van der Waals surface area (Å²) in [4.78, 5) is 26.3. The molecule has 1 unspecified atom stereocenters. The van der Waals surface area contributed by atoms with Crippen molar-refractivity contribution in [1.82, 2.24) is 9.62 Å². The number of benzene rings is 1. The van der Waals surface area contributed by atoms with Crippen LogP contribution in [0.2, 0.25) is 0 Å². The molecule has 1 saturated heterocycles. The molecule has 1 N–H and O–H groups in total. The molecule has 2 aliphatic heterocycles. The predicted molar refractivity (Wildman–Crippen MR) is 103 cm³/mol. The van der Waals surface area contributed by atoms with Crippen molar-refractivity contribution in [3.8, 4) is 0 Å². The topological polar surface area (TPSA) is 86.8 Å². The fraction of sp³-hybridized carbons (Fsp3) is 0.579. The lowest BCUT2D eigenvalue weighted by Gasteiger charge is -2.26. The van der Waals surface area contributed by atoms with Crippen molar-refractivity contribution in [3.63, 3.8) is 0 Å². The van der Waals surface area contributed by atoms with Crippen LogP contribution in [0.1, 0.15) is 45.1 Å². The molecule has 2 heterocycles. The van der Waals surface area contributed by atoms with Crippen LogP contribution in [-0.2, 0) is 26.0 Å². The summed E-state index contributed by atoms with van der Waals surface area (Å²) < 4.78 is 27.4. The normalized spacial score (nSPS) is 20.4. The Morgan fingerprint density at radius 3 is 2.52 bits per heavy atom. The molecular formula is C19H27N3O4S. The highest BCUT2D eigenvalue weighted by Crippen LogP contribution is 2.35. The van der Waals surface area contributed by atoms with Crippen molar-refractivity contribution >= 4 is 27.5 Å². The summed E-state index contributed by atoms with van der Waals surface area (Å²) in [5, 5.41) is 2.83. The molecule has 148 valence electrons. The van der Waals surface area contributed by atoms with Crippen LogP contribution >= 0.6 is 0 Å². The third-order valence-electron chi connectivity index (χ3n) is 5.18. The summed E-state index contributed by atoms with van der Waals surface area (Å²) in [6.07, 6.45) is 3.94. The lowest BCUT2D eigenvalue weighted by atomic mass is 10.1. The van der Waals surface area contributed by atoms with Gasteiger partial charge < -0.3 is 5.32 Å². The van der Waals surface area contributed by atoms with Crippen LogP contribution in [0.3, 0.4) is 0 Å². The summed E-state index contributed by atoms with van der Waals surface area (Å²) in [5.41, 5.74) is 1.34. The van der Waals surface area contributed by atoms with Crippen LogP contribution in [0.15, 0.2) is 23.1 Å². The van der Waals surface area contributed by atoms with Crippen LogP contribution in [0.5, 0.6) is 0 Å². The Hall–Kier alpha value is -1.93. The van der Waals surface area contributed by atoms with Gasteiger partial charge in [-0.3, -0.25) is 14.5 Å². The Labute approximate surface area is 160 Å². The second kappa shape index (κ2) is 7.98. The number of fused-ring (bicyclic) bond motifs is 1. The number of nitrogens with one attached hydrogen (secondary N) is 1. The van der Waals surface area contributed by atoms with E-state index in [0.717, 1.165) is 31.2 Å². The van der Waals surface area contributed by atoms with Crippen LogP contribution in [-0.4, -0.2) is 50.2 Å². The van der Waals surface area contributed by atoms with Gasteiger partial charge in [-0.2, -0.15) is 4.31 Å². The van der Waals surface area contributed by atoms with Crippen molar-refractivity contribution in [2.75, 3.05) is 24.5 Å². The fourth-order valence-corrected chi connectivity index (χ4v) is 5.38. The van der Waals surface area contributed by atoms with Gasteiger partial charge in [-0.1, -0.05) is 13.3 Å². The first-order valence-corrected chi connectivity index (χ1v) is 11.0. The molecule has 0 spiro atoms. The molecule has 1 aromatic carbocycles. The van der Waals surface area contributed by atoms with E-state index in [0.29, 0.717) is 31.7 Å². The summed E-state index contributed by atoms with van der Waals surface area (Å²) >= 11 is 0. The zero-order chi connectivity index (χ0) is 19.6. The SMILES string of the molecule is CCCNC(=O)C1Cc2cc(S(=O)(=O)N3CCCCC3)ccc2N1C(C)=O. The highest BCUT2D eigenvalue weighted by Gasteiger charge is 2.38. The van der Waals surface area contributed by atoms with E-state index in [1.165, 1.54) is 16.1 Å². The zero-order valence-corrected chi connectivity index (χ0v) is 16.7. The number of hydrogen-bond donors (Lipinski definition) is 1. The van der Waals surface area contributed by atoms with Crippen LogP contribution in [0.4, 0.5) is 5.69 Å². The van der Waals surface area contributed by atoms with Gasteiger partial charge in [-0.25, -0.2) is 8.42 Å². The van der Waals surface area contributed by atoms with Gasteiger partial charge in [0.25, 0.3) is 0 Å². The molecule has 0 bridgehead atoms.